The van der Waals surface area contributed by atoms with Crippen molar-refractivity contribution in [3.05, 3.63) is 0 Å². The van der Waals surface area contributed by atoms with E-state index in [1.54, 1.807) is 32.1 Å². The molecule has 0 saturated heterocycles. The molecule has 0 radical (unpaired) electrons. The van der Waals surface area contributed by atoms with E-state index in [1.165, 1.54) is 12.8 Å². The zero-order valence-electron chi connectivity index (χ0n) is 9.10. The lowest BCUT2D eigenvalue weighted by Gasteiger charge is -2.48. The Kier molecular flexibility index (Phi) is 1.49. The van der Waals surface area contributed by atoms with Crippen LogP contribution in [0.15, 0.2) is 0 Å². The molecule has 3 aliphatic carbocycles. The molecule has 3 aliphatic rings. The zero-order valence-corrected chi connectivity index (χ0v) is 9.10. The monoisotopic (exact) mass is 178 g/mol. The Labute approximate surface area is 82.1 Å². The van der Waals surface area contributed by atoms with Crippen LogP contribution in [0.3, 0.4) is 0 Å². The average molecular weight is 178 g/mol. The first kappa shape index (κ1) is 8.32. The van der Waals surface area contributed by atoms with Crippen LogP contribution in [0.2, 0.25) is 0 Å². The van der Waals surface area contributed by atoms with Crippen molar-refractivity contribution in [1.29, 1.82) is 0 Å². The lowest BCUT2D eigenvalue weighted by Crippen LogP contribution is -2.40. The van der Waals surface area contributed by atoms with Gasteiger partial charge >= 0.3 is 0 Å². The molecular weight excluding hydrogens is 156 g/mol. The molecule has 13 heavy (non-hydrogen) atoms. The second kappa shape index (κ2) is 2.32. The van der Waals surface area contributed by atoms with Crippen LogP contribution in [0.25, 0.3) is 0 Å². The van der Waals surface area contributed by atoms with E-state index in [0.717, 1.165) is 17.3 Å². The molecular formula is C13H22. The summed E-state index contributed by atoms with van der Waals surface area (Å²) in [6, 6.07) is 0. The zero-order chi connectivity index (χ0) is 9.10. The van der Waals surface area contributed by atoms with Gasteiger partial charge in [-0.25, -0.2) is 0 Å². The first-order valence-corrected chi connectivity index (χ1v) is 6.17. The van der Waals surface area contributed by atoms with Gasteiger partial charge in [-0.3, -0.25) is 0 Å². The minimum absolute atomic E-state index is 0.687. The van der Waals surface area contributed by atoms with E-state index in [0.29, 0.717) is 5.41 Å². The summed E-state index contributed by atoms with van der Waals surface area (Å²) in [5.74, 6) is 2.20. The van der Waals surface area contributed by atoms with Gasteiger partial charge in [0.2, 0.25) is 0 Å². The molecule has 0 aromatic rings. The summed E-state index contributed by atoms with van der Waals surface area (Å²) in [5, 5.41) is 0. The van der Waals surface area contributed by atoms with E-state index in [4.69, 9.17) is 0 Å². The maximum atomic E-state index is 2.57. The SMILES string of the molecule is CC1(C)C2CCC(C2)C12CCCC2. The third-order valence-electron chi connectivity index (χ3n) is 6.01. The number of rotatable bonds is 0. The summed E-state index contributed by atoms with van der Waals surface area (Å²) in [6.45, 7) is 5.14. The first-order valence-electron chi connectivity index (χ1n) is 6.17. The van der Waals surface area contributed by atoms with Gasteiger partial charge in [0.05, 0.1) is 0 Å². The van der Waals surface area contributed by atoms with Crippen molar-refractivity contribution in [1.82, 2.24) is 0 Å². The van der Waals surface area contributed by atoms with Gasteiger partial charge in [0.25, 0.3) is 0 Å². The Hall–Kier alpha value is 0. The topological polar surface area (TPSA) is 0 Å². The number of hydrogen-bond donors (Lipinski definition) is 0. The fourth-order valence-electron chi connectivity index (χ4n) is 5.13. The van der Waals surface area contributed by atoms with Crippen LogP contribution in [0.5, 0.6) is 0 Å². The van der Waals surface area contributed by atoms with Gasteiger partial charge < -0.3 is 0 Å². The predicted octanol–water partition coefficient (Wildman–Crippen LogP) is 4.00. The van der Waals surface area contributed by atoms with Gasteiger partial charge in [0.15, 0.2) is 0 Å². The molecule has 0 nitrogen and oxygen atoms in total. The quantitative estimate of drug-likeness (QED) is 0.526. The van der Waals surface area contributed by atoms with Gasteiger partial charge in [-0.1, -0.05) is 26.7 Å². The van der Waals surface area contributed by atoms with E-state index in [2.05, 4.69) is 13.8 Å². The highest BCUT2D eigenvalue weighted by atomic mass is 14.7. The van der Waals surface area contributed by atoms with E-state index in [1.807, 2.05) is 0 Å². The highest BCUT2D eigenvalue weighted by Gasteiger charge is 2.62. The lowest BCUT2D eigenvalue weighted by molar-refractivity contribution is 0.00975. The summed E-state index contributed by atoms with van der Waals surface area (Å²) in [5.41, 5.74) is 1.49. The van der Waals surface area contributed by atoms with Crippen LogP contribution in [-0.2, 0) is 0 Å². The largest absolute Gasteiger partial charge is 0.0591 e. The van der Waals surface area contributed by atoms with Crippen molar-refractivity contribution >= 4 is 0 Å². The minimum Gasteiger partial charge on any atom is -0.0591 e. The maximum absolute atomic E-state index is 2.57. The highest BCUT2D eigenvalue weighted by molar-refractivity contribution is 5.11. The molecule has 2 unspecified atom stereocenters. The Morgan fingerprint density at radius 2 is 1.54 bits per heavy atom. The maximum Gasteiger partial charge on any atom is -0.0215 e. The summed E-state index contributed by atoms with van der Waals surface area (Å²) in [4.78, 5) is 0. The molecule has 0 amide bonds. The Bertz CT molecular complexity index is 220. The molecule has 3 saturated carbocycles. The molecule has 74 valence electrons. The predicted molar refractivity (Wildman–Crippen MR) is 55.5 cm³/mol. The highest BCUT2D eigenvalue weighted by Crippen LogP contribution is 2.71. The summed E-state index contributed by atoms with van der Waals surface area (Å²) >= 11 is 0. The van der Waals surface area contributed by atoms with Gasteiger partial charge in [-0.2, -0.15) is 0 Å². The van der Waals surface area contributed by atoms with Crippen LogP contribution in [0, 0.1) is 22.7 Å². The van der Waals surface area contributed by atoms with Gasteiger partial charge in [-0.15, -0.1) is 0 Å². The lowest BCUT2D eigenvalue weighted by atomic mass is 9.57. The summed E-state index contributed by atoms with van der Waals surface area (Å²) in [6.07, 6.45) is 10.8. The van der Waals surface area contributed by atoms with Crippen molar-refractivity contribution in [2.75, 3.05) is 0 Å². The van der Waals surface area contributed by atoms with E-state index >= 15 is 0 Å². The van der Waals surface area contributed by atoms with Crippen LogP contribution < -0.4 is 0 Å². The van der Waals surface area contributed by atoms with Crippen molar-refractivity contribution < 1.29 is 0 Å². The van der Waals surface area contributed by atoms with Crippen LogP contribution in [0.1, 0.15) is 58.8 Å². The molecule has 1 spiro atoms. The van der Waals surface area contributed by atoms with Crippen molar-refractivity contribution in [3.8, 4) is 0 Å². The Balaban J connectivity index is 2.02. The molecule has 3 fully saturated rings. The van der Waals surface area contributed by atoms with Crippen molar-refractivity contribution in [3.63, 3.8) is 0 Å². The summed E-state index contributed by atoms with van der Waals surface area (Å²) < 4.78 is 0. The van der Waals surface area contributed by atoms with Crippen LogP contribution in [0.4, 0.5) is 0 Å². The number of fused-ring (bicyclic) bond motifs is 3. The van der Waals surface area contributed by atoms with Gasteiger partial charge in [-0.05, 0) is 54.8 Å². The van der Waals surface area contributed by atoms with Gasteiger partial charge in [0.1, 0.15) is 0 Å². The summed E-state index contributed by atoms with van der Waals surface area (Å²) in [7, 11) is 0. The average Bonchev–Trinajstić information content (AvgIpc) is 2.75. The van der Waals surface area contributed by atoms with Gasteiger partial charge in [0, 0.05) is 0 Å². The second-order valence-corrected chi connectivity index (χ2v) is 6.29. The molecule has 0 aliphatic heterocycles. The third-order valence-corrected chi connectivity index (χ3v) is 6.01. The molecule has 0 heterocycles. The standard InChI is InChI=1S/C13H22/c1-12(2)10-5-6-11(9-10)13(12)7-3-4-8-13/h10-11H,3-9H2,1-2H3. The minimum atomic E-state index is 0.687. The van der Waals surface area contributed by atoms with E-state index < -0.39 is 0 Å². The molecule has 0 aromatic heterocycles. The molecule has 2 bridgehead atoms. The second-order valence-electron chi connectivity index (χ2n) is 6.29. The Morgan fingerprint density at radius 1 is 0.923 bits per heavy atom. The van der Waals surface area contributed by atoms with Crippen LogP contribution in [-0.4, -0.2) is 0 Å². The molecule has 2 atom stereocenters. The molecule has 0 N–H and O–H groups in total. The van der Waals surface area contributed by atoms with E-state index in [-0.39, 0.29) is 0 Å². The fourth-order valence-corrected chi connectivity index (χ4v) is 5.13. The van der Waals surface area contributed by atoms with E-state index in [9.17, 15) is 0 Å². The van der Waals surface area contributed by atoms with Crippen LogP contribution >= 0.6 is 0 Å². The van der Waals surface area contributed by atoms with Crippen molar-refractivity contribution in [2.45, 2.75) is 58.8 Å². The molecule has 3 rings (SSSR count). The number of hydrogen-bond acceptors (Lipinski definition) is 0. The normalized spacial score (nSPS) is 44.8. The third kappa shape index (κ3) is 0.789. The Morgan fingerprint density at radius 3 is 2.08 bits per heavy atom. The first-order chi connectivity index (χ1) is 6.17. The molecule has 0 aromatic carbocycles. The van der Waals surface area contributed by atoms with Crippen molar-refractivity contribution in [2.24, 2.45) is 22.7 Å². The fraction of sp³-hybridized carbons (Fsp3) is 1.00. The molecule has 0 heteroatoms. The smallest absolute Gasteiger partial charge is 0.0215 e.